The molecule has 0 bridgehead atoms. The molecule has 0 spiro atoms. The molecule has 0 aromatic heterocycles. The first-order valence-electron chi connectivity index (χ1n) is 39.7. The number of rotatable bonds is 74. The van der Waals surface area contributed by atoms with E-state index in [9.17, 15) is 43.2 Å². The van der Waals surface area contributed by atoms with Crippen molar-refractivity contribution in [2.45, 2.75) is 408 Å². The van der Waals surface area contributed by atoms with Crippen LogP contribution < -0.4 is 0 Å². The van der Waals surface area contributed by atoms with E-state index in [1.54, 1.807) is 0 Å². The number of ether oxygens (including phenoxy) is 4. The number of phosphoric acid groups is 2. The van der Waals surface area contributed by atoms with Crippen LogP contribution >= 0.6 is 15.6 Å². The van der Waals surface area contributed by atoms with Gasteiger partial charge in [0.05, 0.1) is 26.4 Å². The first-order valence-corrected chi connectivity index (χ1v) is 42.7. The summed E-state index contributed by atoms with van der Waals surface area (Å²) < 4.78 is 68.6. The van der Waals surface area contributed by atoms with E-state index in [1.807, 2.05) is 0 Å². The van der Waals surface area contributed by atoms with Gasteiger partial charge in [-0.1, -0.05) is 338 Å². The Morgan fingerprint density at radius 2 is 0.500 bits per heavy atom. The fraction of sp³-hybridized carbons (Fsp3) is 0.948. The minimum atomic E-state index is -4.96. The van der Waals surface area contributed by atoms with Crippen molar-refractivity contribution in [2.24, 2.45) is 23.7 Å². The van der Waals surface area contributed by atoms with Gasteiger partial charge in [0.1, 0.15) is 19.3 Å². The summed E-state index contributed by atoms with van der Waals surface area (Å²) in [6, 6.07) is 0. The Hall–Kier alpha value is -1.94. The van der Waals surface area contributed by atoms with Gasteiger partial charge in [-0.05, 0) is 49.4 Å². The minimum absolute atomic E-state index is 0.106. The number of carbonyl (C=O) groups is 4. The van der Waals surface area contributed by atoms with Crippen LogP contribution in [0.1, 0.15) is 389 Å². The molecule has 0 fully saturated rings. The second-order valence-electron chi connectivity index (χ2n) is 29.4. The topological polar surface area (TPSA) is 237 Å². The summed E-state index contributed by atoms with van der Waals surface area (Å²) in [4.78, 5) is 72.9. The lowest BCUT2D eigenvalue weighted by molar-refractivity contribution is -0.161. The van der Waals surface area contributed by atoms with Crippen molar-refractivity contribution >= 4 is 39.5 Å². The van der Waals surface area contributed by atoms with Crippen molar-refractivity contribution in [3.05, 3.63) is 0 Å². The average Bonchev–Trinajstić information content (AvgIpc) is 2.64. The summed E-state index contributed by atoms with van der Waals surface area (Å²) in [5.41, 5.74) is 0. The van der Waals surface area contributed by atoms with E-state index in [1.165, 1.54) is 186 Å². The van der Waals surface area contributed by atoms with Gasteiger partial charge in [0.25, 0.3) is 0 Å². The zero-order chi connectivity index (χ0) is 71.0. The van der Waals surface area contributed by atoms with Gasteiger partial charge in [0.15, 0.2) is 12.2 Å². The molecule has 570 valence electrons. The van der Waals surface area contributed by atoms with Gasteiger partial charge in [-0.15, -0.1) is 0 Å². The van der Waals surface area contributed by atoms with Crippen molar-refractivity contribution in [2.75, 3.05) is 39.6 Å². The maximum atomic E-state index is 13.1. The monoisotopic (exact) mass is 1410 g/mol. The molecule has 0 aliphatic rings. The SMILES string of the molecule is CCC(C)CCCCCCCCC(=O)OC[C@H](COP(=O)(O)OC[C@H](O)COP(=O)(O)OC[C@@H](COC(=O)CCCCCCCCCCCCCC(C)C)OC(=O)CCCCCCCCCCCCCCC(C)C)OC(=O)CCCCCCCCCCCCCCCCC(C)C. The Kier molecular flexibility index (Phi) is 65.0. The molecule has 96 heavy (non-hydrogen) atoms. The highest BCUT2D eigenvalue weighted by Crippen LogP contribution is 2.45. The van der Waals surface area contributed by atoms with Gasteiger partial charge in [0, 0.05) is 25.7 Å². The summed E-state index contributed by atoms with van der Waals surface area (Å²) in [6.07, 6.45) is 51.3. The van der Waals surface area contributed by atoms with E-state index < -0.39 is 97.5 Å². The Morgan fingerprint density at radius 3 is 0.740 bits per heavy atom. The molecule has 3 unspecified atom stereocenters. The maximum absolute atomic E-state index is 13.1. The minimum Gasteiger partial charge on any atom is -0.462 e. The third kappa shape index (κ3) is 69.2. The first kappa shape index (κ1) is 94.1. The van der Waals surface area contributed by atoms with E-state index in [0.717, 1.165) is 120 Å². The standard InChI is InChI=1S/C77H150O17P2/c1-9-70(8)56-48-40-35-36-42-50-58-75(80)88-64-73(94-77(82)59-51-43-33-27-20-13-11-10-12-17-23-29-37-45-53-67(2)3)66-92-96(85,86)90-62-71(78)61-89-95(83,84)91-65-72(63-87-74(79)57-49-41-32-26-22-16-19-25-31-39-47-55-69(6)7)93-76(81)60-52-44-34-28-21-15-14-18-24-30-38-46-54-68(4)5/h67-73,78H,9-66H2,1-8H3,(H,83,84)(H,85,86)/t70?,71-,72-,73-/m1/s1. The van der Waals surface area contributed by atoms with E-state index >= 15 is 0 Å². The molecule has 0 saturated carbocycles. The number of aliphatic hydroxyl groups excluding tert-OH is 1. The van der Waals surface area contributed by atoms with Crippen LogP contribution in [0, 0.1) is 23.7 Å². The van der Waals surface area contributed by atoms with Gasteiger partial charge in [-0.3, -0.25) is 37.3 Å². The third-order valence-electron chi connectivity index (χ3n) is 18.2. The average molecular weight is 1410 g/mol. The molecule has 19 heteroatoms. The van der Waals surface area contributed by atoms with Crippen molar-refractivity contribution in [3.8, 4) is 0 Å². The number of esters is 4. The molecule has 0 aliphatic carbocycles. The number of hydrogen-bond acceptors (Lipinski definition) is 15. The van der Waals surface area contributed by atoms with E-state index in [2.05, 4.69) is 55.4 Å². The van der Waals surface area contributed by atoms with Crippen molar-refractivity contribution in [1.29, 1.82) is 0 Å². The molecule has 0 radical (unpaired) electrons. The molecule has 0 amide bonds. The van der Waals surface area contributed by atoms with Gasteiger partial charge in [-0.25, -0.2) is 9.13 Å². The van der Waals surface area contributed by atoms with Crippen LogP contribution in [0.2, 0.25) is 0 Å². The second kappa shape index (κ2) is 66.3. The fourth-order valence-electron chi connectivity index (χ4n) is 11.7. The highest BCUT2D eigenvalue weighted by atomic mass is 31.2. The highest BCUT2D eigenvalue weighted by molar-refractivity contribution is 7.47. The fourth-order valence-corrected chi connectivity index (χ4v) is 13.3. The molecule has 3 N–H and O–H groups in total. The van der Waals surface area contributed by atoms with Crippen LogP contribution in [0.25, 0.3) is 0 Å². The lowest BCUT2D eigenvalue weighted by atomic mass is 10.00. The molecule has 0 heterocycles. The van der Waals surface area contributed by atoms with Crippen molar-refractivity contribution in [1.82, 2.24) is 0 Å². The Bertz CT molecular complexity index is 1890. The number of unbranched alkanes of at least 4 members (excludes halogenated alkanes) is 39. The van der Waals surface area contributed by atoms with Crippen LogP contribution in [-0.4, -0.2) is 96.7 Å². The molecule has 0 rings (SSSR count). The van der Waals surface area contributed by atoms with Crippen LogP contribution in [0.15, 0.2) is 0 Å². The number of carbonyl (C=O) groups excluding carboxylic acids is 4. The van der Waals surface area contributed by atoms with Crippen LogP contribution in [0.4, 0.5) is 0 Å². The second-order valence-corrected chi connectivity index (χ2v) is 32.3. The van der Waals surface area contributed by atoms with Crippen LogP contribution in [0.5, 0.6) is 0 Å². The quantitative estimate of drug-likeness (QED) is 0.0222. The predicted octanol–water partition coefficient (Wildman–Crippen LogP) is 22.4. The molecule has 6 atom stereocenters. The Morgan fingerprint density at radius 1 is 0.292 bits per heavy atom. The van der Waals surface area contributed by atoms with Crippen LogP contribution in [-0.2, 0) is 65.4 Å². The van der Waals surface area contributed by atoms with Gasteiger partial charge in [-0.2, -0.15) is 0 Å². The zero-order valence-electron chi connectivity index (χ0n) is 63.0. The lowest BCUT2D eigenvalue weighted by Crippen LogP contribution is -2.30. The number of phosphoric ester groups is 2. The van der Waals surface area contributed by atoms with Crippen LogP contribution in [0.3, 0.4) is 0 Å². The largest absolute Gasteiger partial charge is 0.472 e. The summed E-state index contributed by atoms with van der Waals surface area (Å²) in [6.45, 7) is 14.2. The first-order chi connectivity index (χ1) is 46.1. The van der Waals surface area contributed by atoms with Crippen molar-refractivity contribution in [3.63, 3.8) is 0 Å². The Labute approximate surface area is 588 Å². The maximum Gasteiger partial charge on any atom is 0.472 e. The smallest absolute Gasteiger partial charge is 0.462 e. The summed E-state index contributed by atoms with van der Waals surface area (Å²) in [5, 5.41) is 10.6. The zero-order valence-corrected chi connectivity index (χ0v) is 64.8. The molecule has 0 aliphatic heterocycles. The molecule has 17 nitrogen and oxygen atoms in total. The number of hydrogen-bond donors (Lipinski definition) is 3. The lowest BCUT2D eigenvalue weighted by Gasteiger charge is -2.21. The van der Waals surface area contributed by atoms with E-state index in [4.69, 9.17) is 37.0 Å². The number of aliphatic hydroxyl groups is 1. The van der Waals surface area contributed by atoms with Gasteiger partial charge in [0.2, 0.25) is 0 Å². The highest BCUT2D eigenvalue weighted by Gasteiger charge is 2.30. The van der Waals surface area contributed by atoms with Gasteiger partial charge < -0.3 is 33.8 Å². The molecular weight excluding hydrogens is 1260 g/mol. The molecule has 0 aromatic carbocycles. The molecule has 0 saturated heterocycles. The predicted molar refractivity (Wildman–Crippen MR) is 391 cm³/mol. The Balaban J connectivity index is 5.25. The van der Waals surface area contributed by atoms with E-state index in [0.29, 0.717) is 25.7 Å². The normalized spacial score (nSPS) is 14.4. The van der Waals surface area contributed by atoms with E-state index in [-0.39, 0.29) is 25.7 Å². The summed E-state index contributed by atoms with van der Waals surface area (Å²) in [7, 11) is -9.92. The summed E-state index contributed by atoms with van der Waals surface area (Å²) in [5.74, 6) is 0.954. The van der Waals surface area contributed by atoms with Crippen molar-refractivity contribution < 1.29 is 80.2 Å². The summed E-state index contributed by atoms with van der Waals surface area (Å²) >= 11 is 0. The third-order valence-corrected chi connectivity index (χ3v) is 20.1. The molecular formula is C77H150O17P2. The molecule has 0 aromatic rings. The van der Waals surface area contributed by atoms with Gasteiger partial charge >= 0.3 is 39.5 Å².